The number of fused-ring (bicyclic) bond motifs is 1. The molecule has 2 N–H and O–H groups in total. The van der Waals surface area contributed by atoms with E-state index < -0.39 is 0 Å². The minimum atomic E-state index is -0.246. The Labute approximate surface area is 200 Å². The number of benzene rings is 2. The molecule has 0 bridgehead atoms. The lowest BCUT2D eigenvalue weighted by atomic mass is 10.1. The van der Waals surface area contributed by atoms with Crippen molar-refractivity contribution in [3.63, 3.8) is 0 Å². The van der Waals surface area contributed by atoms with Gasteiger partial charge in [-0.3, -0.25) is 9.78 Å². The molecule has 170 valence electrons. The van der Waals surface area contributed by atoms with Crippen LogP contribution in [0.2, 0.25) is 5.02 Å². The molecule has 0 saturated heterocycles. The van der Waals surface area contributed by atoms with Crippen LogP contribution in [0.25, 0.3) is 22.0 Å². The van der Waals surface area contributed by atoms with Gasteiger partial charge in [-0.05, 0) is 48.9 Å². The van der Waals surface area contributed by atoms with Crippen LogP contribution in [0.4, 0.5) is 5.69 Å². The van der Waals surface area contributed by atoms with Crippen molar-refractivity contribution in [2.75, 3.05) is 5.32 Å². The van der Waals surface area contributed by atoms with Crippen LogP contribution in [0.1, 0.15) is 24.2 Å². The van der Waals surface area contributed by atoms with Crippen molar-refractivity contribution >= 4 is 28.2 Å². The van der Waals surface area contributed by atoms with Gasteiger partial charge < -0.3 is 19.6 Å². The van der Waals surface area contributed by atoms with Crippen molar-refractivity contribution < 1.29 is 9.26 Å². The maximum absolute atomic E-state index is 12.9. The highest BCUT2D eigenvalue weighted by Gasteiger charge is 2.14. The molecule has 3 heterocycles. The number of hydrogen-bond donors (Lipinski definition) is 2. The standard InChI is InChI=1S/C26H21ClN4O3/c1-16(30-20-7-4-5-17(9-20)19-13-29-34-14-19)22-10-18-11-23(27)25(12-24(18)31-26(22)32)33-15-21-6-2-3-8-28-21/h2-14,16,30H,15H2,1H3,(H,31,32). The Hall–Kier alpha value is -4.10. The maximum Gasteiger partial charge on any atom is 0.253 e. The van der Waals surface area contributed by atoms with Gasteiger partial charge >= 0.3 is 0 Å². The molecule has 2 aromatic carbocycles. The summed E-state index contributed by atoms with van der Waals surface area (Å²) >= 11 is 6.47. The van der Waals surface area contributed by atoms with E-state index in [-0.39, 0.29) is 18.2 Å². The quantitative estimate of drug-likeness (QED) is 0.302. The number of rotatable bonds is 7. The summed E-state index contributed by atoms with van der Waals surface area (Å²) < 4.78 is 10.8. The minimum absolute atomic E-state index is 0.180. The molecule has 0 spiro atoms. The van der Waals surface area contributed by atoms with Crippen LogP contribution in [-0.2, 0) is 6.61 Å². The number of aromatic nitrogens is 3. The van der Waals surface area contributed by atoms with Gasteiger partial charge in [0.25, 0.3) is 5.56 Å². The highest BCUT2D eigenvalue weighted by Crippen LogP contribution is 2.31. The lowest BCUT2D eigenvalue weighted by molar-refractivity contribution is 0.302. The Morgan fingerprint density at radius 3 is 2.82 bits per heavy atom. The molecule has 0 aliphatic carbocycles. The molecular formula is C26H21ClN4O3. The Morgan fingerprint density at radius 1 is 1.12 bits per heavy atom. The van der Waals surface area contributed by atoms with E-state index in [0.29, 0.717) is 21.9 Å². The maximum atomic E-state index is 12.9. The van der Waals surface area contributed by atoms with Crippen LogP contribution in [0.15, 0.2) is 88.6 Å². The van der Waals surface area contributed by atoms with Crippen LogP contribution < -0.4 is 15.6 Å². The van der Waals surface area contributed by atoms with E-state index in [1.54, 1.807) is 30.8 Å². The molecule has 1 unspecified atom stereocenters. The van der Waals surface area contributed by atoms with Gasteiger partial charge in [-0.1, -0.05) is 35.0 Å². The van der Waals surface area contributed by atoms with Crippen molar-refractivity contribution in [1.29, 1.82) is 0 Å². The first-order valence-corrected chi connectivity index (χ1v) is 11.1. The number of nitrogens with one attached hydrogen (secondary N) is 2. The van der Waals surface area contributed by atoms with Crippen LogP contribution in [0.3, 0.4) is 0 Å². The van der Waals surface area contributed by atoms with Crippen LogP contribution in [0, 0.1) is 0 Å². The van der Waals surface area contributed by atoms with E-state index >= 15 is 0 Å². The fourth-order valence-electron chi connectivity index (χ4n) is 3.76. The van der Waals surface area contributed by atoms with E-state index in [1.807, 2.05) is 55.5 Å². The second-order valence-corrected chi connectivity index (χ2v) is 8.30. The topological polar surface area (TPSA) is 93.0 Å². The summed E-state index contributed by atoms with van der Waals surface area (Å²) in [7, 11) is 0. The third-order valence-corrected chi connectivity index (χ3v) is 5.80. The molecule has 0 aliphatic heterocycles. The van der Waals surface area contributed by atoms with Crippen molar-refractivity contribution in [1.82, 2.24) is 15.1 Å². The molecule has 0 saturated carbocycles. The normalized spacial score (nSPS) is 11.9. The first-order valence-electron chi connectivity index (χ1n) is 10.7. The molecule has 0 amide bonds. The zero-order chi connectivity index (χ0) is 23.5. The SMILES string of the molecule is CC(Nc1cccc(-c2cnoc2)c1)c1cc2cc(Cl)c(OCc3ccccn3)cc2[nH]c1=O. The number of aromatic amines is 1. The predicted molar refractivity (Wildman–Crippen MR) is 132 cm³/mol. The van der Waals surface area contributed by atoms with Crippen LogP contribution >= 0.6 is 11.6 Å². The highest BCUT2D eigenvalue weighted by atomic mass is 35.5. The average molecular weight is 473 g/mol. The first-order chi connectivity index (χ1) is 16.6. The highest BCUT2D eigenvalue weighted by molar-refractivity contribution is 6.32. The molecule has 5 rings (SSSR count). The number of hydrogen-bond acceptors (Lipinski definition) is 6. The van der Waals surface area contributed by atoms with E-state index in [4.69, 9.17) is 20.9 Å². The Balaban J connectivity index is 1.38. The van der Waals surface area contributed by atoms with Gasteiger partial charge in [-0.25, -0.2) is 0 Å². The molecule has 8 heteroatoms. The smallest absolute Gasteiger partial charge is 0.253 e. The molecule has 3 aromatic heterocycles. The molecule has 1 atom stereocenters. The van der Waals surface area contributed by atoms with Crippen molar-refractivity contribution in [3.8, 4) is 16.9 Å². The third kappa shape index (κ3) is 4.65. The number of ether oxygens (including phenoxy) is 1. The van der Waals surface area contributed by atoms with Gasteiger partial charge in [0.15, 0.2) is 0 Å². The van der Waals surface area contributed by atoms with E-state index in [1.165, 1.54) is 0 Å². The summed E-state index contributed by atoms with van der Waals surface area (Å²) in [5, 5.41) is 8.43. The van der Waals surface area contributed by atoms with Gasteiger partial charge in [-0.2, -0.15) is 0 Å². The molecule has 5 aromatic rings. The zero-order valence-corrected chi connectivity index (χ0v) is 19.0. The first kappa shape index (κ1) is 21.7. The zero-order valence-electron chi connectivity index (χ0n) is 18.3. The largest absolute Gasteiger partial charge is 0.486 e. The number of halogens is 1. The number of pyridine rings is 2. The molecule has 7 nitrogen and oxygen atoms in total. The fourth-order valence-corrected chi connectivity index (χ4v) is 3.98. The van der Waals surface area contributed by atoms with Gasteiger partial charge in [0.1, 0.15) is 18.6 Å². The van der Waals surface area contributed by atoms with Crippen LogP contribution in [0.5, 0.6) is 5.75 Å². The number of anilines is 1. The molecule has 34 heavy (non-hydrogen) atoms. The van der Waals surface area contributed by atoms with Gasteiger partial charge in [0, 0.05) is 34.5 Å². The third-order valence-electron chi connectivity index (χ3n) is 5.51. The van der Waals surface area contributed by atoms with E-state index in [2.05, 4.69) is 20.4 Å². The monoisotopic (exact) mass is 472 g/mol. The van der Waals surface area contributed by atoms with Gasteiger partial charge in [-0.15, -0.1) is 0 Å². The molecular weight excluding hydrogens is 452 g/mol. The second kappa shape index (κ2) is 9.41. The van der Waals surface area contributed by atoms with Crippen molar-refractivity contribution in [3.05, 3.63) is 106 Å². The summed E-state index contributed by atoms with van der Waals surface area (Å²) in [5.74, 6) is 0.486. The molecule has 0 aliphatic rings. The summed E-state index contributed by atoms with van der Waals surface area (Å²) in [4.78, 5) is 20.1. The Kier molecular flexibility index (Phi) is 6.01. The van der Waals surface area contributed by atoms with Crippen molar-refractivity contribution in [2.45, 2.75) is 19.6 Å². The molecule has 0 radical (unpaired) electrons. The van der Waals surface area contributed by atoms with E-state index in [0.717, 1.165) is 27.9 Å². The Morgan fingerprint density at radius 2 is 2.03 bits per heavy atom. The number of nitrogens with zero attached hydrogens (tertiary/aromatic N) is 2. The number of H-pyrrole nitrogens is 1. The second-order valence-electron chi connectivity index (χ2n) is 7.89. The summed E-state index contributed by atoms with van der Waals surface area (Å²) in [5.41, 5.74) is 4.58. The lowest BCUT2D eigenvalue weighted by Crippen LogP contribution is -2.19. The minimum Gasteiger partial charge on any atom is -0.486 e. The lowest BCUT2D eigenvalue weighted by Gasteiger charge is -2.16. The van der Waals surface area contributed by atoms with Crippen LogP contribution in [-0.4, -0.2) is 15.1 Å². The fraction of sp³-hybridized carbons (Fsp3) is 0.115. The summed E-state index contributed by atoms with van der Waals surface area (Å²) in [6.45, 7) is 2.22. The summed E-state index contributed by atoms with van der Waals surface area (Å²) in [6, 6.07) is 18.6. The van der Waals surface area contributed by atoms with Crippen molar-refractivity contribution in [2.24, 2.45) is 0 Å². The summed E-state index contributed by atoms with van der Waals surface area (Å²) in [6.07, 6.45) is 4.96. The predicted octanol–water partition coefficient (Wildman–Crippen LogP) is 5.98. The van der Waals surface area contributed by atoms with Gasteiger partial charge in [0.2, 0.25) is 0 Å². The van der Waals surface area contributed by atoms with E-state index in [9.17, 15) is 4.79 Å². The average Bonchev–Trinajstić information content (AvgIpc) is 3.39. The molecule has 0 fully saturated rings. The van der Waals surface area contributed by atoms with Gasteiger partial charge in [0.05, 0.1) is 28.5 Å². The Bertz CT molecular complexity index is 1480.